The van der Waals surface area contributed by atoms with Gasteiger partial charge in [0.25, 0.3) is 5.56 Å². The molecule has 0 N–H and O–H groups in total. The number of fused-ring (bicyclic) bond motifs is 1. The van der Waals surface area contributed by atoms with Crippen molar-refractivity contribution in [2.24, 2.45) is 0 Å². The summed E-state index contributed by atoms with van der Waals surface area (Å²) in [6, 6.07) is 17.1. The molecular weight excluding hydrogens is 442 g/mol. The van der Waals surface area contributed by atoms with Gasteiger partial charge in [-0.2, -0.15) is 10.4 Å². The number of hydrogen-bond donors (Lipinski definition) is 0. The Morgan fingerprint density at radius 2 is 1.86 bits per heavy atom. The number of para-hydroxylation sites is 1. The minimum atomic E-state index is -0.582. The van der Waals surface area contributed by atoms with E-state index in [0.29, 0.717) is 17.4 Å². The minimum Gasteiger partial charge on any atom is -0.454 e. The highest BCUT2D eigenvalue weighted by Crippen LogP contribution is 2.17. The fourth-order valence-corrected chi connectivity index (χ4v) is 3.87. The van der Waals surface area contributed by atoms with Gasteiger partial charge in [0.1, 0.15) is 13.2 Å². The van der Waals surface area contributed by atoms with E-state index in [9.17, 15) is 9.59 Å². The number of carbonyl (C=O) groups excluding carboxylic acids is 1. The normalized spacial score (nSPS) is 11.1. The molecule has 2 aromatic carbocycles. The molecule has 0 saturated carbocycles. The second kappa shape index (κ2) is 10.2. The summed E-state index contributed by atoms with van der Waals surface area (Å²) in [6.07, 6.45) is 3.02. The van der Waals surface area contributed by atoms with Crippen molar-refractivity contribution < 1.29 is 9.53 Å². The molecule has 4 rings (SSSR count). The summed E-state index contributed by atoms with van der Waals surface area (Å²) >= 11 is 0. The zero-order valence-corrected chi connectivity index (χ0v) is 19.9. The van der Waals surface area contributed by atoms with E-state index in [4.69, 9.17) is 10.00 Å². The molecule has 0 radical (unpaired) electrons. The van der Waals surface area contributed by atoms with E-state index < -0.39 is 5.97 Å². The van der Waals surface area contributed by atoms with E-state index in [2.05, 4.69) is 34.3 Å². The quantitative estimate of drug-likeness (QED) is 0.302. The molecule has 8 heteroatoms. The Bertz CT molecular complexity index is 1520. The average Bonchev–Trinajstić information content (AvgIpc) is 3.11. The van der Waals surface area contributed by atoms with Crippen molar-refractivity contribution in [2.75, 3.05) is 0 Å². The molecule has 2 heterocycles. The van der Waals surface area contributed by atoms with E-state index in [-0.39, 0.29) is 24.5 Å². The number of nitriles is 1. The molecule has 0 aliphatic rings. The maximum Gasteiger partial charge on any atom is 0.331 e. The highest BCUT2D eigenvalue weighted by atomic mass is 16.5. The third-order valence-electron chi connectivity index (χ3n) is 5.79. The Kier molecular flexibility index (Phi) is 6.88. The van der Waals surface area contributed by atoms with Crippen LogP contribution in [0.15, 0.2) is 59.4 Å². The number of nitrogens with zero attached hydrogens (tertiary/aromatic N) is 5. The van der Waals surface area contributed by atoms with Crippen LogP contribution in [-0.4, -0.2) is 25.3 Å². The molecule has 35 heavy (non-hydrogen) atoms. The van der Waals surface area contributed by atoms with Crippen molar-refractivity contribution in [2.45, 2.75) is 40.5 Å². The number of esters is 1. The van der Waals surface area contributed by atoms with Crippen molar-refractivity contribution in [3.63, 3.8) is 0 Å². The van der Waals surface area contributed by atoms with Crippen LogP contribution in [0.5, 0.6) is 0 Å². The average molecular weight is 468 g/mol. The first-order chi connectivity index (χ1) is 16.9. The lowest BCUT2D eigenvalue weighted by Crippen LogP contribution is -2.26. The smallest absolute Gasteiger partial charge is 0.331 e. The molecule has 0 atom stereocenters. The van der Waals surface area contributed by atoms with Crippen molar-refractivity contribution in [3.8, 4) is 6.07 Å². The molecule has 0 aliphatic carbocycles. The lowest BCUT2D eigenvalue weighted by molar-refractivity contribution is -0.139. The van der Waals surface area contributed by atoms with Gasteiger partial charge in [0.2, 0.25) is 0 Å². The third kappa shape index (κ3) is 5.20. The van der Waals surface area contributed by atoms with Crippen LogP contribution in [0.1, 0.15) is 33.9 Å². The topological polar surface area (TPSA) is 103 Å². The molecule has 8 nitrogen and oxygen atoms in total. The van der Waals surface area contributed by atoms with E-state index in [1.165, 1.54) is 16.2 Å². The lowest BCUT2D eigenvalue weighted by Gasteiger charge is -2.10. The maximum absolute atomic E-state index is 12.7. The molecule has 0 saturated heterocycles. The third-order valence-corrected chi connectivity index (χ3v) is 5.79. The first-order valence-corrected chi connectivity index (χ1v) is 11.2. The summed E-state index contributed by atoms with van der Waals surface area (Å²) < 4.78 is 8.48. The molecule has 2 aromatic heterocycles. The zero-order valence-electron chi connectivity index (χ0n) is 19.9. The summed E-state index contributed by atoms with van der Waals surface area (Å²) in [5.74, 6) is -0.365. The summed E-state index contributed by atoms with van der Waals surface area (Å²) in [4.78, 5) is 29.6. The number of hydrogen-bond acceptors (Lipinski definition) is 6. The number of aryl methyl sites for hydroxylation is 2. The van der Waals surface area contributed by atoms with Crippen LogP contribution in [-0.2, 0) is 29.2 Å². The standard InChI is InChI=1S/C27H25N5O3/c1-18-8-10-21(11-9-18)16-32-20(3)22(19(2)30-32)12-13-26(33)35-17-25-29-24-7-5-4-6-23(24)27(34)31(25)15-14-28/h4-13H,15-17H2,1-3H3/b13-12+. The number of ether oxygens (including phenoxy) is 1. The Morgan fingerprint density at radius 1 is 1.11 bits per heavy atom. The molecule has 0 fully saturated rings. The predicted octanol–water partition coefficient (Wildman–Crippen LogP) is 3.85. The van der Waals surface area contributed by atoms with Crippen molar-refractivity contribution in [1.29, 1.82) is 5.26 Å². The van der Waals surface area contributed by atoms with Gasteiger partial charge >= 0.3 is 5.97 Å². The van der Waals surface area contributed by atoms with Gasteiger partial charge in [0, 0.05) is 17.3 Å². The van der Waals surface area contributed by atoms with Crippen molar-refractivity contribution in [3.05, 3.63) is 98.9 Å². The van der Waals surface area contributed by atoms with Crippen LogP contribution in [0, 0.1) is 32.1 Å². The SMILES string of the molecule is Cc1ccc(Cn2nc(C)c(/C=C/C(=O)OCc3nc4ccccc4c(=O)n3CC#N)c2C)cc1. The molecule has 0 unspecified atom stereocenters. The van der Waals surface area contributed by atoms with Gasteiger partial charge in [-0.3, -0.25) is 14.0 Å². The molecule has 0 amide bonds. The Labute approximate surface area is 202 Å². The molecule has 0 spiro atoms. The fourth-order valence-electron chi connectivity index (χ4n) is 3.87. The molecule has 0 bridgehead atoms. The molecule has 176 valence electrons. The Hall–Kier alpha value is -4.51. The van der Waals surface area contributed by atoms with E-state index in [0.717, 1.165) is 22.5 Å². The highest BCUT2D eigenvalue weighted by Gasteiger charge is 2.13. The largest absolute Gasteiger partial charge is 0.454 e. The van der Waals surface area contributed by atoms with Gasteiger partial charge in [0.15, 0.2) is 5.82 Å². The van der Waals surface area contributed by atoms with Gasteiger partial charge in [0.05, 0.1) is 29.2 Å². The van der Waals surface area contributed by atoms with E-state index in [1.807, 2.05) is 31.5 Å². The number of aromatic nitrogens is 4. The van der Waals surface area contributed by atoms with Gasteiger partial charge in [-0.1, -0.05) is 42.0 Å². The van der Waals surface area contributed by atoms with Gasteiger partial charge in [-0.25, -0.2) is 9.78 Å². The molecule has 0 aliphatic heterocycles. The Balaban J connectivity index is 1.49. The van der Waals surface area contributed by atoms with Crippen molar-refractivity contribution in [1.82, 2.24) is 19.3 Å². The number of rotatable bonds is 7. The summed E-state index contributed by atoms with van der Waals surface area (Å²) in [5.41, 5.74) is 5.07. The number of carbonyl (C=O) groups is 1. The van der Waals surface area contributed by atoms with Crippen LogP contribution in [0.3, 0.4) is 0 Å². The summed E-state index contributed by atoms with van der Waals surface area (Å²) in [5, 5.41) is 14.1. The predicted molar refractivity (Wildman–Crippen MR) is 132 cm³/mol. The van der Waals surface area contributed by atoms with Gasteiger partial charge < -0.3 is 4.74 Å². The zero-order chi connectivity index (χ0) is 24.9. The second-order valence-corrected chi connectivity index (χ2v) is 8.26. The van der Waals surface area contributed by atoms with Gasteiger partial charge in [-0.05, 0) is 44.5 Å². The fraction of sp³-hybridized carbons (Fsp3) is 0.222. The van der Waals surface area contributed by atoms with Crippen LogP contribution in [0.25, 0.3) is 17.0 Å². The first-order valence-electron chi connectivity index (χ1n) is 11.2. The molecule has 4 aromatic rings. The minimum absolute atomic E-state index is 0.183. The van der Waals surface area contributed by atoms with Crippen LogP contribution in [0.2, 0.25) is 0 Å². The maximum atomic E-state index is 12.7. The summed E-state index contributed by atoms with van der Waals surface area (Å²) in [7, 11) is 0. The first kappa shape index (κ1) is 23.6. The van der Waals surface area contributed by atoms with Crippen LogP contribution < -0.4 is 5.56 Å². The van der Waals surface area contributed by atoms with Gasteiger partial charge in [-0.15, -0.1) is 0 Å². The second-order valence-electron chi connectivity index (χ2n) is 8.26. The Morgan fingerprint density at radius 3 is 2.60 bits per heavy atom. The van der Waals surface area contributed by atoms with E-state index >= 15 is 0 Å². The number of benzene rings is 2. The highest BCUT2D eigenvalue weighted by molar-refractivity contribution is 5.87. The summed E-state index contributed by atoms with van der Waals surface area (Å²) in [6.45, 7) is 6.12. The monoisotopic (exact) mass is 467 g/mol. The van der Waals surface area contributed by atoms with Crippen LogP contribution in [0.4, 0.5) is 0 Å². The van der Waals surface area contributed by atoms with Crippen molar-refractivity contribution >= 4 is 22.9 Å². The molecular formula is C27H25N5O3. The van der Waals surface area contributed by atoms with E-state index in [1.54, 1.807) is 30.3 Å². The van der Waals surface area contributed by atoms with Crippen LogP contribution >= 0.6 is 0 Å². The lowest BCUT2D eigenvalue weighted by atomic mass is 10.1.